The summed E-state index contributed by atoms with van der Waals surface area (Å²) in [6, 6.07) is 17.1. The first kappa shape index (κ1) is 20.0. The molecule has 3 aromatic rings. The van der Waals surface area contributed by atoms with E-state index in [0.717, 1.165) is 10.0 Å². The summed E-state index contributed by atoms with van der Waals surface area (Å²) >= 11 is 2.76. The van der Waals surface area contributed by atoms with Crippen molar-refractivity contribution in [2.24, 2.45) is 0 Å². The monoisotopic (exact) mass is 416 g/mol. The predicted octanol–water partition coefficient (Wildman–Crippen LogP) is 3.58. The fourth-order valence-corrected chi connectivity index (χ4v) is 3.83. The molecule has 1 heterocycles. The number of para-hydroxylation sites is 3. The molecular formula is C19H20N4O3S2. The van der Waals surface area contributed by atoms with Crippen LogP contribution in [0.25, 0.3) is 0 Å². The fourth-order valence-electron chi connectivity index (χ4n) is 2.23. The molecule has 0 unspecified atom stereocenters. The highest BCUT2D eigenvalue weighted by molar-refractivity contribution is 8.01. The molecule has 0 aliphatic rings. The van der Waals surface area contributed by atoms with Crippen LogP contribution in [0.5, 0.6) is 11.5 Å². The molecule has 0 spiro atoms. The Kier molecular flexibility index (Phi) is 7.51. The van der Waals surface area contributed by atoms with Crippen molar-refractivity contribution in [3.63, 3.8) is 0 Å². The van der Waals surface area contributed by atoms with E-state index in [-0.39, 0.29) is 11.7 Å². The average Bonchev–Trinajstić information content (AvgIpc) is 3.18. The van der Waals surface area contributed by atoms with Gasteiger partial charge in [-0.3, -0.25) is 4.79 Å². The molecule has 1 amide bonds. The number of benzene rings is 2. The average molecular weight is 417 g/mol. The number of carbonyl (C=O) groups excluding carboxylic acids is 1. The van der Waals surface area contributed by atoms with Gasteiger partial charge in [0, 0.05) is 5.69 Å². The summed E-state index contributed by atoms with van der Waals surface area (Å²) in [5.41, 5.74) is 0.947. The van der Waals surface area contributed by atoms with Crippen molar-refractivity contribution >= 4 is 39.8 Å². The fraction of sp³-hybridized carbons (Fsp3) is 0.211. The zero-order valence-corrected chi connectivity index (χ0v) is 16.9. The van der Waals surface area contributed by atoms with Gasteiger partial charge in [-0.25, -0.2) is 0 Å². The van der Waals surface area contributed by atoms with Gasteiger partial charge in [-0.15, -0.1) is 10.2 Å². The van der Waals surface area contributed by atoms with Gasteiger partial charge in [0.1, 0.15) is 6.61 Å². The summed E-state index contributed by atoms with van der Waals surface area (Å²) in [6.45, 7) is 0.773. The molecule has 0 aliphatic heterocycles. The van der Waals surface area contributed by atoms with E-state index < -0.39 is 0 Å². The van der Waals surface area contributed by atoms with E-state index in [2.05, 4.69) is 20.8 Å². The first-order valence-corrected chi connectivity index (χ1v) is 10.4. The van der Waals surface area contributed by atoms with Gasteiger partial charge in [-0.1, -0.05) is 53.4 Å². The molecule has 0 bridgehead atoms. The van der Waals surface area contributed by atoms with E-state index in [1.165, 1.54) is 23.1 Å². The maximum atomic E-state index is 12.0. The molecule has 3 rings (SSSR count). The maximum absolute atomic E-state index is 12.0. The molecule has 0 aliphatic carbocycles. The number of thioether (sulfide) groups is 1. The number of nitrogens with one attached hydrogen (secondary N) is 2. The van der Waals surface area contributed by atoms with E-state index in [9.17, 15) is 4.79 Å². The number of carbonyl (C=O) groups is 1. The van der Waals surface area contributed by atoms with Crippen molar-refractivity contribution in [3.8, 4) is 11.5 Å². The lowest BCUT2D eigenvalue weighted by Gasteiger charge is -2.10. The second kappa shape index (κ2) is 10.5. The largest absolute Gasteiger partial charge is 0.493 e. The van der Waals surface area contributed by atoms with Crippen LogP contribution >= 0.6 is 23.1 Å². The van der Waals surface area contributed by atoms with Crippen LogP contribution in [0, 0.1) is 0 Å². The Labute approximate surface area is 171 Å². The quantitative estimate of drug-likeness (QED) is 0.386. The minimum atomic E-state index is -0.0820. The molecule has 28 heavy (non-hydrogen) atoms. The standard InChI is InChI=1S/C19H20N4O3S2/c1-25-15-9-5-6-10-16(15)26-12-11-20-17(24)13-27-19-23-22-18(28-19)21-14-7-3-2-4-8-14/h2-10H,11-13H2,1H3,(H,20,24)(H,21,22). The first-order valence-electron chi connectivity index (χ1n) is 8.55. The van der Waals surface area contributed by atoms with Crippen LogP contribution < -0.4 is 20.1 Å². The molecule has 0 radical (unpaired) electrons. The maximum Gasteiger partial charge on any atom is 0.230 e. The van der Waals surface area contributed by atoms with Crippen molar-refractivity contribution < 1.29 is 14.3 Å². The van der Waals surface area contributed by atoms with Gasteiger partial charge in [-0.2, -0.15) is 0 Å². The van der Waals surface area contributed by atoms with Gasteiger partial charge in [-0.05, 0) is 24.3 Å². The van der Waals surface area contributed by atoms with E-state index in [1.54, 1.807) is 7.11 Å². The molecule has 2 aromatic carbocycles. The molecule has 2 N–H and O–H groups in total. The third-order valence-electron chi connectivity index (χ3n) is 3.51. The van der Waals surface area contributed by atoms with Crippen molar-refractivity contribution in [1.82, 2.24) is 15.5 Å². The van der Waals surface area contributed by atoms with E-state index >= 15 is 0 Å². The molecule has 0 saturated heterocycles. The number of rotatable bonds is 10. The van der Waals surface area contributed by atoms with Crippen molar-refractivity contribution in [3.05, 3.63) is 54.6 Å². The Morgan fingerprint density at radius 3 is 2.61 bits per heavy atom. The van der Waals surface area contributed by atoms with Gasteiger partial charge in [0.2, 0.25) is 11.0 Å². The zero-order valence-electron chi connectivity index (χ0n) is 15.3. The Morgan fingerprint density at radius 1 is 1.07 bits per heavy atom. The Morgan fingerprint density at radius 2 is 1.82 bits per heavy atom. The van der Waals surface area contributed by atoms with Gasteiger partial charge < -0.3 is 20.1 Å². The number of methoxy groups -OCH3 is 1. The van der Waals surface area contributed by atoms with E-state index in [1.807, 2.05) is 54.6 Å². The first-order chi connectivity index (χ1) is 13.7. The Hall–Kier alpha value is -2.78. The lowest BCUT2D eigenvalue weighted by molar-refractivity contribution is -0.118. The van der Waals surface area contributed by atoms with Gasteiger partial charge in [0.15, 0.2) is 15.8 Å². The van der Waals surface area contributed by atoms with Crippen LogP contribution in [-0.2, 0) is 4.79 Å². The van der Waals surface area contributed by atoms with Crippen LogP contribution in [0.15, 0.2) is 58.9 Å². The molecule has 0 saturated carbocycles. The minimum absolute atomic E-state index is 0.0820. The summed E-state index contributed by atoms with van der Waals surface area (Å²) in [6.07, 6.45) is 0. The number of hydrogen-bond acceptors (Lipinski definition) is 8. The summed E-state index contributed by atoms with van der Waals surface area (Å²) in [5, 5.41) is 14.9. The van der Waals surface area contributed by atoms with E-state index in [0.29, 0.717) is 29.8 Å². The molecule has 9 heteroatoms. The van der Waals surface area contributed by atoms with Crippen LogP contribution in [-0.4, -0.2) is 42.1 Å². The topological polar surface area (TPSA) is 85.4 Å². The third-order valence-corrected chi connectivity index (χ3v) is 5.48. The van der Waals surface area contributed by atoms with Gasteiger partial charge in [0.25, 0.3) is 0 Å². The summed E-state index contributed by atoms with van der Waals surface area (Å²) < 4.78 is 11.6. The number of hydrogen-bond donors (Lipinski definition) is 2. The second-order valence-corrected chi connectivity index (χ2v) is 7.70. The lowest BCUT2D eigenvalue weighted by Crippen LogP contribution is -2.29. The van der Waals surface area contributed by atoms with Gasteiger partial charge in [0.05, 0.1) is 19.4 Å². The van der Waals surface area contributed by atoms with Crippen LogP contribution in [0.3, 0.4) is 0 Å². The lowest BCUT2D eigenvalue weighted by atomic mass is 10.3. The smallest absolute Gasteiger partial charge is 0.230 e. The second-order valence-electron chi connectivity index (χ2n) is 5.50. The highest BCUT2D eigenvalue weighted by Gasteiger charge is 2.09. The third kappa shape index (κ3) is 6.14. The number of aromatic nitrogens is 2. The number of ether oxygens (including phenoxy) is 2. The van der Waals surface area contributed by atoms with Crippen LogP contribution in [0.2, 0.25) is 0 Å². The molecular weight excluding hydrogens is 396 g/mol. The molecule has 0 atom stereocenters. The van der Waals surface area contributed by atoms with Crippen molar-refractivity contribution in [2.75, 3.05) is 31.3 Å². The summed E-state index contributed by atoms with van der Waals surface area (Å²) in [7, 11) is 1.59. The molecule has 0 fully saturated rings. The van der Waals surface area contributed by atoms with Crippen molar-refractivity contribution in [2.45, 2.75) is 4.34 Å². The normalized spacial score (nSPS) is 10.3. The highest BCUT2D eigenvalue weighted by Crippen LogP contribution is 2.27. The molecule has 1 aromatic heterocycles. The summed E-state index contributed by atoms with van der Waals surface area (Å²) in [5.74, 6) is 1.51. The zero-order chi connectivity index (χ0) is 19.6. The highest BCUT2D eigenvalue weighted by atomic mass is 32.2. The predicted molar refractivity (Wildman–Crippen MR) is 112 cm³/mol. The Balaban J connectivity index is 1.35. The number of nitrogens with zero attached hydrogens (tertiary/aromatic N) is 2. The summed E-state index contributed by atoms with van der Waals surface area (Å²) in [4.78, 5) is 12.0. The van der Waals surface area contributed by atoms with Crippen molar-refractivity contribution in [1.29, 1.82) is 0 Å². The van der Waals surface area contributed by atoms with E-state index in [4.69, 9.17) is 9.47 Å². The Bertz CT molecular complexity index is 890. The SMILES string of the molecule is COc1ccccc1OCCNC(=O)CSc1nnc(Nc2ccccc2)s1. The molecule has 7 nitrogen and oxygen atoms in total. The minimum Gasteiger partial charge on any atom is -0.493 e. The van der Waals surface area contributed by atoms with Crippen LogP contribution in [0.4, 0.5) is 10.8 Å². The number of amides is 1. The van der Waals surface area contributed by atoms with Crippen LogP contribution in [0.1, 0.15) is 0 Å². The van der Waals surface area contributed by atoms with Gasteiger partial charge >= 0.3 is 0 Å². The molecule has 146 valence electrons. The number of anilines is 2.